The summed E-state index contributed by atoms with van der Waals surface area (Å²) in [5.41, 5.74) is 0. The number of carbonyl (C=O) groups is 2. The highest BCUT2D eigenvalue weighted by Crippen LogP contribution is 2.18. The molecule has 2 unspecified atom stereocenters. The maximum absolute atomic E-state index is 11.9. The second kappa shape index (κ2) is 7.24. The molecule has 1 heterocycles. The number of hydrogen-bond acceptors (Lipinski definition) is 2. The minimum absolute atomic E-state index is 0.0294. The highest BCUT2D eigenvalue weighted by atomic mass is 16.4. The summed E-state index contributed by atoms with van der Waals surface area (Å²) in [5, 5.41) is 11.5. The van der Waals surface area contributed by atoms with Crippen molar-refractivity contribution < 1.29 is 14.7 Å². The molecule has 0 aromatic carbocycles. The Morgan fingerprint density at radius 3 is 2.83 bits per heavy atom. The molecular formula is C13H24N2O3. The van der Waals surface area contributed by atoms with E-state index in [9.17, 15) is 9.59 Å². The minimum atomic E-state index is -0.819. The smallest absolute Gasteiger partial charge is 0.317 e. The van der Waals surface area contributed by atoms with Crippen molar-refractivity contribution in [1.82, 2.24) is 10.2 Å². The van der Waals surface area contributed by atoms with Gasteiger partial charge in [-0.1, -0.05) is 20.3 Å². The van der Waals surface area contributed by atoms with Gasteiger partial charge in [-0.05, 0) is 24.7 Å². The monoisotopic (exact) mass is 256 g/mol. The van der Waals surface area contributed by atoms with Crippen LogP contribution in [0, 0.1) is 11.8 Å². The molecule has 1 aliphatic rings. The molecule has 2 amide bonds. The number of piperidine rings is 1. The van der Waals surface area contributed by atoms with Crippen molar-refractivity contribution in [3.8, 4) is 0 Å². The molecule has 1 fully saturated rings. The van der Waals surface area contributed by atoms with E-state index in [0.717, 1.165) is 25.9 Å². The molecule has 2 atom stereocenters. The predicted molar refractivity (Wildman–Crippen MR) is 69.4 cm³/mol. The first kappa shape index (κ1) is 14.8. The van der Waals surface area contributed by atoms with Gasteiger partial charge in [0.25, 0.3) is 0 Å². The summed E-state index contributed by atoms with van der Waals surface area (Å²) in [6.45, 7) is 6.06. The van der Waals surface area contributed by atoms with Gasteiger partial charge >= 0.3 is 12.0 Å². The molecule has 0 saturated carbocycles. The molecule has 5 nitrogen and oxygen atoms in total. The van der Waals surface area contributed by atoms with Gasteiger partial charge in [0.2, 0.25) is 0 Å². The van der Waals surface area contributed by atoms with E-state index in [1.165, 1.54) is 6.42 Å². The molecule has 1 aliphatic heterocycles. The SMILES string of the molecule is CCC1CCCN(C(=O)NCC(C)CC(=O)O)C1. The van der Waals surface area contributed by atoms with Gasteiger partial charge < -0.3 is 15.3 Å². The van der Waals surface area contributed by atoms with E-state index in [1.54, 1.807) is 0 Å². The third kappa shape index (κ3) is 4.94. The number of aliphatic carboxylic acids is 1. The van der Waals surface area contributed by atoms with Gasteiger partial charge in [-0.25, -0.2) is 4.79 Å². The van der Waals surface area contributed by atoms with Gasteiger partial charge in [0.05, 0.1) is 0 Å². The number of carboxylic acids is 1. The number of nitrogens with zero attached hydrogens (tertiary/aromatic N) is 1. The molecule has 18 heavy (non-hydrogen) atoms. The van der Waals surface area contributed by atoms with Crippen molar-refractivity contribution in [3.63, 3.8) is 0 Å². The second-order valence-corrected chi connectivity index (χ2v) is 5.25. The van der Waals surface area contributed by atoms with Gasteiger partial charge in [-0.2, -0.15) is 0 Å². The lowest BCUT2D eigenvalue weighted by atomic mass is 9.96. The van der Waals surface area contributed by atoms with E-state index in [0.29, 0.717) is 12.5 Å². The number of nitrogens with one attached hydrogen (secondary N) is 1. The van der Waals surface area contributed by atoms with E-state index in [2.05, 4.69) is 12.2 Å². The lowest BCUT2D eigenvalue weighted by Crippen LogP contribution is -2.46. The Kier molecular flexibility index (Phi) is 5.95. The van der Waals surface area contributed by atoms with Crippen LogP contribution in [0.2, 0.25) is 0 Å². The number of likely N-dealkylation sites (tertiary alicyclic amines) is 1. The zero-order valence-electron chi connectivity index (χ0n) is 11.3. The van der Waals surface area contributed by atoms with Crippen LogP contribution in [0.25, 0.3) is 0 Å². The zero-order chi connectivity index (χ0) is 13.5. The lowest BCUT2D eigenvalue weighted by molar-refractivity contribution is -0.137. The van der Waals surface area contributed by atoms with Crippen LogP contribution in [-0.4, -0.2) is 41.6 Å². The first-order valence-corrected chi connectivity index (χ1v) is 6.77. The van der Waals surface area contributed by atoms with Crippen LogP contribution < -0.4 is 5.32 Å². The topological polar surface area (TPSA) is 69.6 Å². The molecule has 0 aromatic heterocycles. The average molecular weight is 256 g/mol. The highest BCUT2D eigenvalue weighted by molar-refractivity contribution is 5.74. The predicted octanol–water partition coefficient (Wildman–Crippen LogP) is 1.93. The maximum Gasteiger partial charge on any atom is 0.317 e. The Labute approximate surface area is 109 Å². The van der Waals surface area contributed by atoms with E-state index in [4.69, 9.17) is 5.11 Å². The van der Waals surface area contributed by atoms with Crippen molar-refractivity contribution in [2.24, 2.45) is 11.8 Å². The number of rotatable bonds is 5. The van der Waals surface area contributed by atoms with E-state index < -0.39 is 5.97 Å². The summed E-state index contributed by atoms with van der Waals surface area (Å²) in [5.74, 6) is -0.236. The third-order valence-electron chi connectivity index (χ3n) is 3.51. The average Bonchev–Trinajstić information content (AvgIpc) is 2.35. The molecule has 2 N–H and O–H groups in total. The Hall–Kier alpha value is -1.26. The number of carbonyl (C=O) groups excluding carboxylic acids is 1. The van der Waals surface area contributed by atoms with Crippen LogP contribution in [-0.2, 0) is 4.79 Å². The molecule has 0 spiro atoms. The molecule has 0 aliphatic carbocycles. The van der Waals surface area contributed by atoms with Gasteiger partial charge in [0.1, 0.15) is 0 Å². The fraction of sp³-hybridized carbons (Fsp3) is 0.846. The van der Waals surface area contributed by atoms with Crippen molar-refractivity contribution in [2.75, 3.05) is 19.6 Å². The lowest BCUT2D eigenvalue weighted by Gasteiger charge is -2.32. The van der Waals surface area contributed by atoms with Crippen LogP contribution in [0.4, 0.5) is 4.79 Å². The Bertz CT molecular complexity index is 294. The molecule has 0 aromatic rings. The summed E-state index contributed by atoms with van der Waals surface area (Å²) < 4.78 is 0. The summed E-state index contributed by atoms with van der Waals surface area (Å²) in [4.78, 5) is 24.3. The number of carboxylic acid groups (broad SMARTS) is 1. The molecule has 1 rings (SSSR count). The van der Waals surface area contributed by atoms with Crippen molar-refractivity contribution in [1.29, 1.82) is 0 Å². The quantitative estimate of drug-likeness (QED) is 0.789. The number of hydrogen-bond donors (Lipinski definition) is 2. The molecular weight excluding hydrogens is 232 g/mol. The molecule has 0 radical (unpaired) electrons. The molecule has 104 valence electrons. The van der Waals surface area contributed by atoms with Gasteiger partial charge in [-0.15, -0.1) is 0 Å². The molecule has 1 saturated heterocycles. The van der Waals surface area contributed by atoms with E-state index in [-0.39, 0.29) is 18.4 Å². The maximum atomic E-state index is 11.9. The molecule has 0 bridgehead atoms. The van der Waals surface area contributed by atoms with Crippen LogP contribution in [0.1, 0.15) is 39.5 Å². The summed E-state index contributed by atoms with van der Waals surface area (Å²) in [6.07, 6.45) is 3.48. The van der Waals surface area contributed by atoms with Crippen LogP contribution in [0.15, 0.2) is 0 Å². The van der Waals surface area contributed by atoms with Crippen molar-refractivity contribution >= 4 is 12.0 Å². The normalized spacial score (nSPS) is 21.4. The largest absolute Gasteiger partial charge is 0.481 e. The third-order valence-corrected chi connectivity index (χ3v) is 3.51. The van der Waals surface area contributed by atoms with Gasteiger partial charge in [0.15, 0.2) is 0 Å². The van der Waals surface area contributed by atoms with Crippen LogP contribution in [0.5, 0.6) is 0 Å². The van der Waals surface area contributed by atoms with Gasteiger partial charge in [-0.3, -0.25) is 4.79 Å². The Morgan fingerprint density at radius 1 is 1.50 bits per heavy atom. The van der Waals surface area contributed by atoms with Crippen LogP contribution >= 0.6 is 0 Å². The summed E-state index contributed by atoms with van der Waals surface area (Å²) in [7, 11) is 0. The van der Waals surface area contributed by atoms with Crippen molar-refractivity contribution in [2.45, 2.75) is 39.5 Å². The standard InChI is InChI=1S/C13H24N2O3/c1-3-11-5-4-6-15(9-11)13(18)14-8-10(2)7-12(16)17/h10-11H,3-9H2,1-2H3,(H,14,18)(H,16,17). The van der Waals surface area contributed by atoms with Crippen molar-refractivity contribution in [3.05, 3.63) is 0 Å². The number of urea groups is 1. The van der Waals surface area contributed by atoms with Crippen LogP contribution in [0.3, 0.4) is 0 Å². The van der Waals surface area contributed by atoms with E-state index in [1.807, 2.05) is 11.8 Å². The number of amides is 2. The fourth-order valence-electron chi connectivity index (χ4n) is 2.33. The second-order valence-electron chi connectivity index (χ2n) is 5.25. The van der Waals surface area contributed by atoms with Gasteiger partial charge in [0, 0.05) is 26.1 Å². The minimum Gasteiger partial charge on any atom is -0.481 e. The molecule has 5 heteroatoms. The van der Waals surface area contributed by atoms with E-state index >= 15 is 0 Å². The summed E-state index contributed by atoms with van der Waals surface area (Å²) in [6, 6.07) is -0.0506. The zero-order valence-corrected chi connectivity index (χ0v) is 11.3. The Balaban J connectivity index is 2.29. The highest BCUT2D eigenvalue weighted by Gasteiger charge is 2.22. The first-order chi connectivity index (χ1) is 8.52. The first-order valence-electron chi connectivity index (χ1n) is 6.77. The summed E-state index contributed by atoms with van der Waals surface area (Å²) >= 11 is 0. The fourth-order valence-corrected chi connectivity index (χ4v) is 2.33. The Morgan fingerprint density at radius 2 is 2.22 bits per heavy atom.